The maximum absolute atomic E-state index is 14.0. The summed E-state index contributed by atoms with van der Waals surface area (Å²) in [6.45, 7) is 18.3. The van der Waals surface area contributed by atoms with Crippen molar-refractivity contribution in [3.63, 3.8) is 0 Å². The number of nitrogens with one attached hydrogen (secondary N) is 6. The molecule has 0 aliphatic heterocycles. The zero-order valence-corrected chi connectivity index (χ0v) is 53.8. The highest BCUT2D eigenvalue weighted by molar-refractivity contribution is 5.93. The largest absolute Gasteiger partial charge is 0.370 e. The molecular weight excluding hydrogens is 1130 g/mol. The Hall–Kier alpha value is -7.66. The summed E-state index contributed by atoms with van der Waals surface area (Å²) in [5, 5.41) is 16.9. The number of Topliss-reactive ketones (excluding diaryl/α,β-unsaturated/α-hetero) is 1. The molecule has 0 aromatic rings. The fraction of sp³-hybridized carbons (Fsp3) is 0.754. The highest BCUT2D eigenvalue weighted by Crippen LogP contribution is 2.23. The number of nitrogens with zero attached hydrogens (tertiary/aromatic N) is 8. The van der Waals surface area contributed by atoms with Crippen LogP contribution in [0, 0.1) is 5.41 Å². The Bertz CT molecular complexity index is 2290. The van der Waals surface area contributed by atoms with Crippen molar-refractivity contribution in [1.29, 1.82) is 0 Å². The number of carbonyl (C=O) groups excluding carboxylic acids is 12. The van der Waals surface area contributed by atoms with Gasteiger partial charge in [-0.3, -0.25) is 67.5 Å². The molecule has 14 N–H and O–H groups in total. The molecule has 0 aliphatic rings. The monoisotopic (exact) mass is 1230 g/mol. The number of nitrogens with two attached hydrogens (primary N) is 4. The quantitative estimate of drug-likeness (QED) is 0.0171. The summed E-state index contributed by atoms with van der Waals surface area (Å²) in [6, 6.07) is -1.69. The number of hydrogen-bond acceptors (Lipinski definition) is 15. The molecule has 0 bridgehead atoms. The SMILES string of the molecule is CCC(=O)N(CCNC(=O)CN(CCNC(C)C)C(=O)CC)CC(=O)NCCN(C(=O)CC)[C@@H](CCCN=C(N)N)C(=O)NCCN(CC(=O)NCCN(CC(=O)NCCN(C(=O)CC)[C@@H](CCCN=C(N)N)C(=O)C(C)(C)C)C(=O)CC)C(=O)CC. The van der Waals surface area contributed by atoms with Crippen molar-refractivity contribution in [2.75, 3.05) is 118 Å². The van der Waals surface area contributed by atoms with E-state index in [1.165, 1.54) is 29.4 Å². The summed E-state index contributed by atoms with van der Waals surface area (Å²) in [4.78, 5) is 174. The van der Waals surface area contributed by atoms with E-state index in [2.05, 4.69) is 41.9 Å². The number of amides is 11. The fourth-order valence-corrected chi connectivity index (χ4v) is 8.85. The van der Waals surface area contributed by atoms with Crippen molar-refractivity contribution < 1.29 is 57.5 Å². The van der Waals surface area contributed by atoms with Crippen LogP contribution in [0.1, 0.15) is 140 Å². The van der Waals surface area contributed by atoms with Crippen molar-refractivity contribution in [2.45, 2.75) is 158 Å². The lowest BCUT2D eigenvalue weighted by molar-refractivity contribution is -0.143. The van der Waals surface area contributed by atoms with Gasteiger partial charge in [0.1, 0.15) is 6.04 Å². The molecule has 0 spiro atoms. The maximum Gasteiger partial charge on any atom is 0.242 e. The molecule has 87 heavy (non-hydrogen) atoms. The van der Waals surface area contributed by atoms with Gasteiger partial charge in [0.2, 0.25) is 65.0 Å². The minimum atomic E-state index is -1.09. The Kier molecular flexibility index (Phi) is 40.0. The summed E-state index contributed by atoms with van der Waals surface area (Å²) in [5.41, 5.74) is 21.2. The van der Waals surface area contributed by atoms with Gasteiger partial charge in [-0.25, -0.2) is 0 Å². The number of rotatable bonds is 45. The molecule has 0 radical (unpaired) electrons. The van der Waals surface area contributed by atoms with Crippen LogP contribution in [0.4, 0.5) is 0 Å². The molecule has 0 rings (SSSR count). The third-order valence-corrected chi connectivity index (χ3v) is 13.5. The highest BCUT2D eigenvalue weighted by Gasteiger charge is 2.36. The molecule has 0 saturated carbocycles. The lowest BCUT2D eigenvalue weighted by Crippen LogP contribution is -2.53. The van der Waals surface area contributed by atoms with Crippen molar-refractivity contribution in [2.24, 2.45) is 38.3 Å². The van der Waals surface area contributed by atoms with Crippen LogP contribution in [0.3, 0.4) is 0 Å². The number of guanidine groups is 2. The van der Waals surface area contributed by atoms with E-state index >= 15 is 0 Å². The molecule has 0 aliphatic carbocycles. The van der Waals surface area contributed by atoms with Crippen molar-refractivity contribution in [3.8, 4) is 0 Å². The van der Waals surface area contributed by atoms with Gasteiger partial charge in [0.05, 0.1) is 32.2 Å². The van der Waals surface area contributed by atoms with Gasteiger partial charge in [0.15, 0.2) is 17.7 Å². The van der Waals surface area contributed by atoms with E-state index in [1.54, 1.807) is 62.3 Å². The summed E-state index contributed by atoms with van der Waals surface area (Å²) in [7, 11) is 0. The molecule has 0 heterocycles. The highest BCUT2D eigenvalue weighted by atomic mass is 16.2. The maximum atomic E-state index is 14.0. The van der Waals surface area contributed by atoms with Gasteiger partial charge in [-0.15, -0.1) is 0 Å². The molecule has 2 atom stereocenters. The van der Waals surface area contributed by atoms with Crippen LogP contribution in [0.5, 0.6) is 0 Å². The third-order valence-electron chi connectivity index (χ3n) is 13.5. The van der Waals surface area contributed by atoms with Crippen molar-refractivity contribution in [3.05, 3.63) is 0 Å². The number of ketones is 1. The predicted octanol–water partition coefficient (Wildman–Crippen LogP) is -2.54. The first-order valence-electron chi connectivity index (χ1n) is 30.4. The van der Waals surface area contributed by atoms with Gasteiger partial charge >= 0.3 is 0 Å². The van der Waals surface area contributed by atoms with E-state index in [0.29, 0.717) is 25.9 Å². The first kappa shape index (κ1) is 79.3. The lowest BCUT2D eigenvalue weighted by atomic mass is 9.84. The molecule has 30 heteroatoms. The third kappa shape index (κ3) is 33.7. The van der Waals surface area contributed by atoms with Gasteiger partial charge in [-0.05, 0) is 25.7 Å². The van der Waals surface area contributed by atoms with E-state index in [1.807, 2.05) is 13.8 Å². The van der Waals surface area contributed by atoms with E-state index < -0.39 is 65.4 Å². The number of carbonyl (C=O) groups is 12. The van der Waals surface area contributed by atoms with E-state index in [4.69, 9.17) is 22.9 Å². The second-order valence-corrected chi connectivity index (χ2v) is 21.9. The first-order chi connectivity index (χ1) is 41.0. The summed E-state index contributed by atoms with van der Waals surface area (Å²) < 4.78 is 0. The zero-order valence-electron chi connectivity index (χ0n) is 53.8. The van der Waals surface area contributed by atoms with Crippen LogP contribution >= 0.6 is 0 Å². The first-order valence-corrected chi connectivity index (χ1v) is 30.4. The normalized spacial score (nSPS) is 11.6. The van der Waals surface area contributed by atoms with Gasteiger partial charge in [-0.1, -0.05) is 76.2 Å². The Morgan fingerprint density at radius 3 is 0.989 bits per heavy atom. The Balaban J connectivity index is 5.90. The Morgan fingerprint density at radius 1 is 0.402 bits per heavy atom. The molecule has 30 nitrogen and oxygen atoms in total. The number of hydrogen-bond donors (Lipinski definition) is 10. The minimum Gasteiger partial charge on any atom is -0.370 e. The molecule has 0 saturated heterocycles. The van der Waals surface area contributed by atoms with E-state index in [0.717, 1.165) is 0 Å². The molecule has 496 valence electrons. The average molecular weight is 1240 g/mol. The standard InChI is InChI=1S/C57H106N18O12/c1-12-47(80)70(30-24-62-40(7)8)36-43(76)63-25-31-72(49(82)14-3)39-46(79)66-29-35-75(52(85)17-6)42(21-19-23-69-56(60)61)54(87)67-27-33-73(50(83)15-4)37-44(77)64-26-32-71(48(81)13-2)38-45(78)65-28-34-74(51(84)16-5)41(53(86)57(9,10)11)20-18-22-68-55(58)59/h40-42,62H,12-39H2,1-11H3,(H,63,76)(H,64,77)(H,65,78)(H,66,79)(H,67,87)(H4,58,59,68)(H4,60,61,69)/t41-,42-/m0/s1. The second-order valence-electron chi connectivity index (χ2n) is 21.9. The van der Waals surface area contributed by atoms with E-state index in [9.17, 15) is 57.5 Å². The van der Waals surface area contributed by atoms with E-state index in [-0.39, 0.29) is 197 Å². The number of aliphatic imine (C=N–C) groups is 2. The van der Waals surface area contributed by atoms with Crippen LogP contribution < -0.4 is 54.8 Å². The summed E-state index contributed by atoms with van der Waals surface area (Å²) >= 11 is 0. The van der Waals surface area contributed by atoms with Gasteiger partial charge in [0.25, 0.3) is 0 Å². The predicted molar refractivity (Wildman–Crippen MR) is 332 cm³/mol. The smallest absolute Gasteiger partial charge is 0.242 e. The fourth-order valence-electron chi connectivity index (χ4n) is 8.85. The summed E-state index contributed by atoms with van der Waals surface area (Å²) in [6.07, 6.45) is 1.54. The van der Waals surface area contributed by atoms with Gasteiger partial charge < -0.3 is 84.2 Å². The molecule has 0 aromatic heterocycles. The van der Waals surface area contributed by atoms with Crippen LogP contribution in [-0.4, -0.2) is 248 Å². The molecule has 0 unspecified atom stereocenters. The summed E-state index contributed by atoms with van der Waals surface area (Å²) in [5.74, 6) is -5.16. The zero-order chi connectivity index (χ0) is 66.2. The van der Waals surface area contributed by atoms with Crippen molar-refractivity contribution >= 4 is 82.7 Å². The van der Waals surface area contributed by atoms with Crippen LogP contribution in [0.2, 0.25) is 0 Å². The Labute approximate surface area is 514 Å². The second kappa shape index (κ2) is 43.9. The molecule has 0 aromatic carbocycles. The minimum absolute atomic E-state index is 0.000839. The molecule has 0 fully saturated rings. The molecule has 11 amide bonds. The molecular formula is C57H106N18O12. The van der Waals surface area contributed by atoms with Gasteiger partial charge in [0, 0.05) is 142 Å². The average Bonchev–Trinajstić information content (AvgIpc) is 2.67. The van der Waals surface area contributed by atoms with Crippen LogP contribution in [0.25, 0.3) is 0 Å². The lowest BCUT2D eigenvalue weighted by Gasteiger charge is -2.34. The van der Waals surface area contributed by atoms with Gasteiger partial charge in [-0.2, -0.15) is 0 Å². The van der Waals surface area contributed by atoms with Crippen molar-refractivity contribution in [1.82, 2.24) is 61.3 Å². The van der Waals surface area contributed by atoms with Crippen LogP contribution in [0.15, 0.2) is 9.98 Å². The Morgan fingerprint density at radius 2 is 0.690 bits per heavy atom. The van der Waals surface area contributed by atoms with Crippen LogP contribution in [-0.2, 0) is 57.5 Å². The topological polar surface area (TPSA) is 425 Å².